The zero-order chi connectivity index (χ0) is 27.3. The normalized spacial score (nSPS) is 19.5. The van der Waals surface area contributed by atoms with Crippen LogP contribution in [0.2, 0.25) is 0 Å². The van der Waals surface area contributed by atoms with E-state index >= 15 is 0 Å². The van der Waals surface area contributed by atoms with Crippen LogP contribution in [0.5, 0.6) is 5.75 Å². The molecular formula is C28H33N7O3S. The fourth-order valence-electron chi connectivity index (χ4n) is 5.73. The predicted molar refractivity (Wildman–Crippen MR) is 153 cm³/mol. The Morgan fingerprint density at radius 3 is 2.56 bits per heavy atom. The van der Waals surface area contributed by atoms with E-state index in [2.05, 4.69) is 33.8 Å². The molecule has 2 aliphatic rings. The van der Waals surface area contributed by atoms with Gasteiger partial charge in [-0.3, -0.25) is 9.97 Å². The van der Waals surface area contributed by atoms with Gasteiger partial charge in [-0.05, 0) is 38.8 Å². The summed E-state index contributed by atoms with van der Waals surface area (Å²) in [6, 6.07) is 8.14. The minimum Gasteiger partial charge on any atom is -0.496 e. The highest BCUT2D eigenvalue weighted by Gasteiger charge is 2.38. The Hall–Kier alpha value is -3.73. The molecule has 0 radical (unpaired) electrons. The Morgan fingerprint density at radius 2 is 1.85 bits per heavy atom. The number of aryl methyl sites for hydroxylation is 1. The van der Waals surface area contributed by atoms with Gasteiger partial charge in [0, 0.05) is 79.1 Å². The predicted octanol–water partition coefficient (Wildman–Crippen LogP) is 3.66. The van der Waals surface area contributed by atoms with E-state index < -0.39 is 9.84 Å². The summed E-state index contributed by atoms with van der Waals surface area (Å²) < 4.78 is 31.3. The van der Waals surface area contributed by atoms with Gasteiger partial charge in [-0.25, -0.2) is 18.1 Å². The van der Waals surface area contributed by atoms with E-state index in [1.807, 2.05) is 29.9 Å². The molecule has 0 aliphatic carbocycles. The Morgan fingerprint density at radius 1 is 1.08 bits per heavy atom. The van der Waals surface area contributed by atoms with Gasteiger partial charge in [0.25, 0.3) is 0 Å². The van der Waals surface area contributed by atoms with Crippen molar-refractivity contribution in [2.24, 2.45) is 5.92 Å². The summed E-state index contributed by atoms with van der Waals surface area (Å²) in [6.07, 6.45) is 8.89. The SMILES string of the molecule is COc1ccncc1-c1cc2c(cnn2-c2cc(N3C[C@H](CS(C)(=O)=O)[C@H]3C)cc(N3CCCC3)n2)c(C)n1. The van der Waals surface area contributed by atoms with Gasteiger partial charge in [0.2, 0.25) is 0 Å². The molecule has 4 aromatic rings. The van der Waals surface area contributed by atoms with E-state index in [-0.39, 0.29) is 17.7 Å². The molecule has 0 N–H and O–H groups in total. The number of sulfone groups is 1. The lowest BCUT2D eigenvalue weighted by Gasteiger charge is -2.48. The van der Waals surface area contributed by atoms with E-state index in [4.69, 9.17) is 19.8 Å². The zero-order valence-electron chi connectivity index (χ0n) is 22.7. The van der Waals surface area contributed by atoms with Crippen molar-refractivity contribution in [2.75, 3.05) is 48.6 Å². The molecule has 0 bridgehead atoms. The van der Waals surface area contributed by atoms with Crippen molar-refractivity contribution in [1.29, 1.82) is 0 Å². The lowest BCUT2D eigenvalue weighted by atomic mass is 9.91. The number of methoxy groups -OCH3 is 1. The van der Waals surface area contributed by atoms with Crippen LogP contribution < -0.4 is 14.5 Å². The van der Waals surface area contributed by atoms with Crippen molar-refractivity contribution >= 4 is 32.2 Å². The summed E-state index contributed by atoms with van der Waals surface area (Å²) in [5.41, 5.74) is 4.34. The lowest BCUT2D eigenvalue weighted by Crippen LogP contribution is -2.57. The summed E-state index contributed by atoms with van der Waals surface area (Å²) >= 11 is 0. The Labute approximate surface area is 228 Å². The summed E-state index contributed by atoms with van der Waals surface area (Å²) in [6.45, 7) is 6.71. The van der Waals surface area contributed by atoms with Crippen LogP contribution in [0.4, 0.5) is 11.5 Å². The van der Waals surface area contributed by atoms with E-state index in [0.29, 0.717) is 12.3 Å². The summed E-state index contributed by atoms with van der Waals surface area (Å²) in [5.74, 6) is 2.66. The first-order valence-corrected chi connectivity index (χ1v) is 15.3. The first-order chi connectivity index (χ1) is 18.7. The maximum absolute atomic E-state index is 11.9. The number of hydrogen-bond acceptors (Lipinski definition) is 9. The number of hydrogen-bond donors (Lipinski definition) is 0. The number of aromatic nitrogens is 5. The van der Waals surface area contributed by atoms with Crippen LogP contribution >= 0.6 is 0 Å². The van der Waals surface area contributed by atoms with Crippen LogP contribution in [0.25, 0.3) is 28.0 Å². The Bertz CT molecular complexity index is 1650. The minimum absolute atomic E-state index is 0.114. The summed E-state index contributed by atoms with van der Waals surface area (Å²) in [4.78, 5) is 18.8. The number of anilines is 2. The Kier molecular flexibility index (Phi) is 6.41. The number of pyridine rings is 3. The Balaban J connectivity index is 1.44. The second-order valence-corrected chi connectivity index (χ2v) is 12.8. The zero-order valence-corrected chi connectivity index (χ0v) is 23.5. The van der Waals surface area contributed by atoms with E-state index in [0.717, 1.165) is 71.1 Å². The topological polar surface area (TPSA) is 106 Å². The van der Waals surface area contributed by atoms with Gasteiger partial charge in [-0.1, -0.05) is 0 Å². The molecule has 39 heavy (non-hydrogen) atoms. The van der Waals surface area contributed by atoms with Crippen molar-refractivity contribution in [3.63, 3.8) is 0 Å². The molecule has 11 heteroatoms. The van der Waals surface area contributed by atoms with Gasteiger partial charge >= 0.3 is 0 Å². The quantitative estimate of drug-likeness (QED) is 0.343. The van der Waals surface area contributed by atoms with Gasteiger partial charge in [0.15, 0.2) is 5.82 Å². The molecule has 4 aromatic heterocycles. The maximum atomic E-state index is 11.9. The van der Waals surface area contributed by atoms with Gasteiger partial charge in [0.05, 0.1) is 35.8 Å². The molecule has 0 amide bonds. The molecule has 0 aromatic carbocycles. The molecule has 0 saturated carbocycles. The smallest absolute Gasteiger partial charge is 0.158 e. The number of fused-ring (bicyclic) bond motifs is 1. The molecule has 0 unspecified atom stereocenters. The molecule has 204 valence electrons. The van der Waals surface area contributed by atoms with Gasteiger partial charge < -0.3 is 14.5 Å². The number of rotatable bonds is 7. The first-order valence-electron chi connectivity index (χ1n) is 13.3. The van der Waals surface area contributed by atoms with Crippen LogP contribution in [-0.2, 0) is 9.84 Å². The molecule has 2 atom stereocenters. The lowest BCUT2D eigenvalue weighted by molar-refractivity contribution is 0.341. The molecule has 2 fully saturated rings. The number of nitrogens with zero attached hydrogens (tertiary/aromatic N) is 7. The molecule has 0 spiro atoms. The van der Waals surface area contributed by atoms with Crippen LogP contribution in [0, 0.1) is 12.8 Å². The molecule has 2 aliphatic heterocycles. The van der Waals surface area contributed by atoms with Crippen molar-refractivity contribution in [3.05, 3.63) is 48.5 Å². The average molecular weight is 548 g/mol. The minimum atomic E-state index is -3.03. The fraction of sp³-hybridized carbons (Fsp3) is 0.429. The van der Waals surface area contributed by atoms with Crippen molar-refractivity contribution in [2.45, 2.75) is 32.7 Å². The molecule has 6 heterocycles. The highest BCUT2D eigenvalue weighted by molar-refractivity contribution is 7.90. The molecule has 6 rings (SSSR count). The maximum Gasteiger partial charge on any atom is 0.158 e. The van der Waals surface area contributed by atoms with Crippen molar-refractivity contribution in [1.82, 2.24) is 24.7 Å². The standard InChI is InChI=1S/C28H33N7O3S/c1-18-22-15-30-35(25(22)13-24(31-18)23-14-29-8-7-26(23)38-3)28-12-21(11-27(32-28)33-9-5-6-10-33)34-16-20(19(34)2)17-39(4,36)37/h7-8,11-15,19-20H,5-6,9-10,16-17H2,1-4H3/t19-,20-/m1/s1. The van der Waals surface area contributed by atoms with Gasteiger partial charge in [-0.2, -0.15) is 5.10 Å². The van der Waals surface area contributed by atoms with Crippen LogP contribution in [-0.4, -0.2) is 77.9 Å². The van der Waals surface area contributed by atoms with E-state index in [9.17, 15) is 8.42 Å². The third kappa shape index (κ3) is 4.80. The van der Waals surface area contributed by atoms with Crippen LogP contribution in [0.15, 0.2) is 42.9 Å². The van der Waals surface area contributed by atoms with Crippen LogP contribution in [0.1, 0.15) is 25.5 Å². The second-order valence-electron chi connectivity index (χ2n) is 10.6. The van der Waals surface area contributed by atoms with Crippen LogP contribution in [0.3, 0.4) is 0 Å². The third-order valence-corrected chi connectivity index (χ3v) is 8.95. The second kappa shape index (κ2) is 9.78. The first kappa shape index (κ1) is 25.5. The highest BCUT2D eigenvalue weighted by atomic mass is 32.2. The highest BCUT2D eigenvalue weighted by Crippen LogP contribution is 2.36. The molecular weight excluding hydrogens is 514 g/mol. The van der Waals surface area contributed by atoms with Gasteiger partial charge in [-0.15, -0.1) is 0 Å². The monoisotopic (exact) mass is 547 g/mol. The van der Waals surface area contributed by atoms with Gasteiger partial charge in [0.1, 0.15) is 21.4 Å². The fourth-order valence-corrected chi connectivity index (χ4v) is 6.89. The summed E-state index contributed by atoms with van der Waals surface area (Å²) in [5, 5.41) is 5.70. The van der Waals surface area contributed by atoms with E-state index in [1.165, 1.54) is 6.26 Å². The van der Waals surface area contributed by atoms with Crippen molar-refractivity contribution in [3.8, 4) is 22.8 Å². The molecule has 10 nitrogen and oxygen atoms in total. The molecule has 2 saturated heterocycles. The van der Waals surface area contributed by atoms with Crippen molar-refractivity contribution < 1.29 is 13.2 Å². The summed E-state index contributed by atoms with van der Waals surface area (Å²) in [7, 11) is -1.39. The largest absolute Gasteiger partial charge is 0.496 e. The average Bonchev–Trinajstić information content (AvgIpc) is 3.61. The number of ether oxygens (including phenoxy) is 1. The van der Waals surface area contributed by atoms with E-state index in [1.54, 1.807) is 19.5 Å². The third-order valence-electron chi connectivity index (χ3n) is 7.92.